The van der Waals surface area contributed by atoms with Crippen molar-refractivity contribution in [3.8, 4) is 0 Å². The smallest absolute Gasteiger partial charge is 0.271 e. The topological polar surface area (TPSA) is 102 Å². The van der Waals surface area contributed by atoms with E-state index in [4.69, 9.17) is 4.42 Å². The second kappa shape index (κ2) is 7.22. The molecule has 28 heavy (non-hydrogen) atoms. The Morgan fingerprint density at radius 1 is 1.25 bits per heavy atom. The average Bonchev–Trinajstić information content (AvgIpc) is 3.32. The molecule has 8 heteroatoms. The maximum atomic E-state index is 13.1. The summed E-state index contributed by atoms with van der Waals surface area (Å²) in [6.07, 6.45) is 0.808. The number of rotatable bonds is 5. The molecular weight excluding hydrogens is 360 g/mol. The Bertz CT molecular complexity index is 1030. The van der Waals surface area contributed by atoms with E-state index in [1.807, 2.05) is 30.3 Å². The van der Waals surface area contributed by atoms with Crippen LogP contribution in [0.5, 0.6) is 0 Å². The first-order chi connectivity index (χ1) is 13.5. The number of non-ortho nitro benzene ring substituents is 1. The highest BCUT2D eigenvalue weighted by molar-refractivity contribution is 5.96. The number of amides is 1. The van der Waals surface area contributed by atoms with Gasteiger partial charge in [-0.05, 0) is 17.5 Å². The van der Waals surface area contributed by atoms with Gasteiger partial charge in [0, 0.05) is 32.0 Å². The van der Waals surface area contributed by atoms with Gasteiger partial charge in [0.1, 0.15) is 0 Å². The van der Waals surface area contributed by atoms with E-state index in [1.165, 1.54) is 12.1 Å². The maximum absolute atomic E-state index is 13.1. The number of anilines is 1. The summed E-state index contributed by atoms with van der Waals surface area (Å²) in [6, 6.07) is 14.2. The van der Waals surface area contributed by atoms with Gasteiger partial charge in [-0.15, -0.1) is 10.2 Å². The summed E-state index contributed by atoms with van der Waals surface area (Å²) >= 11 is 0. The third-order valence-corrected chi connectivity index (χ3v) is 4.90. The molecule has 8 nitrogen and oxygen atoms in total. The van der Waals surface area contributed by atoms with Crippen LogP contribution < -0.4 is 4.90 Å². The molecule has 3 aromatic rings. The van der Waals surface area contributed by atoms with Crippen LogP contribution in [0.2, 0.25) is 0 Å². The van der Waals surface area contributed by atoms with Crippen LogP contribution in [0.15, 0.2) is 52.9 Å². The Balaban J connectivity index is 1.63. The second-order valence-corrected chi connectivity index (χ2v) is 6.69. The quantitative estimate of drug-likeness (QED) is 0.498. The lowest BCUT2D eigenvalue weighted by Gasteiger charge is -2.20. The van der Waals surface area contributed by atoms with Crippen LogP contribution in [-0.4, -0.2) is 27.6 Å². The monoisotopic (exact) mass is 378 g/mol. The normalized spacial score (nSPS) is 14.0. The Hall–Kier alpha value is -3.55. The molecule has 0 saturated carbocycles. The zero-order chi connectivity index (χ0) is 19.7. The van der Waals surface area contributed by atoms with Crippen molar-refractivity contribution in [2.75, 3.05) is 11.4 Å². The van der Waals surface area contributed by atoms with Gasteiger partial charge in [-0.2, -0.15) is 0 Å². The van der Waals surface area contributed by atoms with Gasteiger partial charge < -0.3 is 9.32 Å². The summed E-state index contributed by atoms with van der Waals surface area (Å²) in [4.78, 5) is 25.4. The molecule has 1 aromatic heterocycles. The minimum Gasteiger partial charge on any atom is -0.425 e. The van der Waals surface area contributed by atoms with E-state index in [0.29, 0.717) is 30.4 Å². The van der Waals surface area contributed by atoms with Crippen molar-refractivity contribution in [3.05, 3.63) is 81.6 Å². The maximum Gasteiger partial charge on any atom is 0.271 e. The number of nitrogens with zero attached hydrogens (tertiary/aromatic N) is 4. The molecule has 0 spiro atoms. The number of benzene rings is 2. The van der Waals surface area contributed by atoms with Gasteiger partial charge >= 0.3 is 0 Å². The molecule has 0 N–H and O–H groups in total. The molecule has 0 saturated heterocycles. The van der Waals surface area contributed by atoms with E-state index in [9.17, 15) is 14.9 Å². The van der Waals surface area contributed by atoms with E-state index in [1.54, 1.807) is 17.9 Å². The lowest BCUT2D eigenvalue weighted by molar-refractivity contribution is -0.384. The highest BCUT2D eigenvalue weighted by Crippen LogP contribution is 2.34. The summed E-state index contributed by atoms with van der Waals surface area (Å²) in [5.74, 6) is 0.308. The van der Waals surface area contributed by atoms with Gasteiger partial charge in [0.25, 0.3) is 5.69 Å². The fourth-order valence-electron chi connectivity index (χ4n) is 3.51. The van der Waals surface area contributed by atoms with Crippen LogP contribution in [0.25, 0.3) is 0 Å². The van der Waals surface area contributed by atoms with Crippen molar-refractivity contribution in [2.24, 2.45) is 0 Å². The van der Waals surface area contributed by atoms with Gasteiger partial charge in [0.05, 0.1) is 16.5 Å². The molecule has 1 atom stereocenters. The molecule has 2 heterocycles. The largest absolute Gasteiger partial charge is 0.425 e. The Morgan fingerprint density at radius 2 is 2.04 bits per heavy atom. The van der Waals surface area contributed by atoms with Gasteiger partial charge in [-0.3, -0.25) is 14.9 Å². The van der Waals surface area contributed by atoms with Gasteiger partial charge in [0.15, 0.2) is 0 Å². The molecular formula is C20H18N4O4. The first kappa shape index (κ1) is 17.8. The highest BCUT2D eigenvalue weighted by Gasteiger charge is 2.31. The number of aryl methyl sites for hydroxylation is 1. The number of hydrogen-bond donors (Lipinski definition) is 0. The zero-order valence-corrected chi connectivity index (χ0v) is 15.2. The molecule has 0 fully saturated rings. The van der Waals surface area contributed by atoms with Crippen LogP contribution in [0, 0.1) is 17.0 Å². The number of carbonyl (C=O) groups is 1. The van der Waals surface area contributed by atoms with Crippen LogP contribution in [0.1, 0.15) is 35.2 Å². The fourth-order valence-corrected chi connectivity index (χ4v) is 3.51. The van der Waals surface area contributed by atoms with Gasteiger partial charge in [0.2, 0.25) is 17.7 Å². The Kier molecular flexibility index (Phi) is 4.60. The van der Waals surface area contributed by atoms with E-state index in [-0.39, 0.29) is 23.9 Å². The lowest BCUT2D eigenvalue weighted by atomic mass is 9.95. The minimum atomic E-state index is -0.449. The number of nitro benzene ring substituents is 1. The van der Waals surface area contributed by atoms with Crippen LogP contribution >= 0.6 is 0 Å². The summed E-state index contributed by atoms with van der Waals surface area (Å²) in [7, 11) is 0. The first-order valence-electron chi connectivity index (χ1n) is 8.95. The Labute approximate surface area is 161 Å². The van der Waals surface area contributed by atoms with Crippen LogP contribution in [0.3, 0.4) is 0 Å². The number of carbonyl (C=O) groups excluding carboxylic acids is 1. The fraction of sp³-hybridized carbons (Fsp3) is 0.250. The predicted molar refractivity (Wildman–Crippen MR) is 101 cm³/mol. The van der Waals surface area contributed by atoms with E-state index < -0.39 is 4.92 Å². The van der Waals surface area contributed by atoms with Gasteiger partial charge in [-0.1, -0.05) is 36.4 Å². The molecule has 4 rings (SSSR count). The highest BCUT2D eigenvalue weighted by atomic mass is 16.6. The molecule has 2 aromatic carbocycles. The lowest BCUT2D eigenvalue weighted by Crippen LogP contribution is -2.30. The molecule has 0 radical (unpaired) electrons. The average molecular weight is 378 g/mol. The third kappa shape index (κ3) is 3.36. The van der Waals surface area contributed by atoms with E-state index in [0.717, 1.165) is 11.1 Å². The number of aromatic nitrogens is 2. The number of fused-ring (bicyclic) bond motifs is 1. The molecule has 0 aliphatic carbocycles. The van der Waals surface area contributed by atoms with Crippen molar-refractivity contribution >= 4 is 17.3 Å². The minimum absolute atomic E-state index is 0.0226. The predicted octanol–water partition coefficient (Wildman–Crippen LogP) is 3.40. The molecule has 1 aliphatic rings. The van der Waals surface area contributed by atoms with Crippen molar-refractivity contribution in [1.29, 1.82) is 0 Å². The van der Waals surface area contributed by atoms with Crippen molar-refractivity contribution < 1.29 is 14.1 Å². The van der Waals surface area contributed by atoms with Crippen molar-refractivity contribution in [2.45, 2.75) is 25.7 Å². The van der Waals surface area contributed by atoms with Crippen LogP contribution in [-0.2, 0) is 11.2 Å². The van der Waals surface area contributed by atoms with E-state index >= 15 is 0 Å². The molecule has 142 valence electrons. The molecule has 1 unspecified atom stereocenters. The second-order valence-electron chi connectivity index (χ2n) is 6.69. The number of hydrogen-bond acceptors (Lipinski definition) is 6. The van der Waals surface area contributed by atoms with Crippen LogP contribution in [0.4, 0.5) is 11.4 Å². The van der Waals surface area contributed by atoms with E-state index in [2.05, 4.69) is 10.2 Å². The van der Waals surface area contributed by atoms with Crippen molar-refractivity contribution in [1.82, 2.24) is 10.2 Å². The third-order valence-electron chi connectivity index (χ3n) is 4.90. The molecule has 1 aliphatic heterocycles. The standard InChI is InChI=1S/C20H18N4O4/c1-13-21-22-20(28-13)17(14-5-3-2-4-6-14)12-19(25)23-10-9-15-7-8-16(24(26)27)11-18(15)23/h2-8,11,17H,9-10,12H2,1H3. The summed E-state index contributed by atoms with van der Waals surface area (Å²) < 4.78 is 5.60. The van der Waals surface area contributed by atoms with Crippen molar-refractivity contribution in [3.63, 3.8) is 0 Å². The SMILES string of the molecule is Cc1nnc(C(CC(=O)N2CCc3ccc([N+](=O)[O-])cc32)c2ccccc2)o1. The summed E-state index contributed by atoms with van der Waals surface area (Å²) in [5, 5.41) is 19.1. The Morgan fingerprint density at radius 3 is 2.71 bits per heavy atom. The van der Waals surface area contributed by atoms with Gasteiger partial charge in [-0.25, -0.2) is 0 Å². The molecule has 1 amide bonds. The summed E-state index contributed by atoms with van der Waals surface area (Å²) in [6.45, 7) is 2.20. The zero-order valence-electron chi connectivity index (χ0n) is 15.2. The number of nitro groups is 1. The first-order valence-corrected chi connectivity index (χ1v) is 8.95. The molecule has 0 bridgehead atoms. The summed E-state index contributed by atoms with van der Waals surface area (Å²) in [5.41, 5.74) is 2.42.